The Hall–Kier alpha value is -0.970. The van der Waals surface area contributed by atoms with Crippen molar-refractivity contribution in [2.75, 3.05) is 0 Å². The summed E-state index contributed by atoms with van der Waals surface area (Å²) in [7, 11) is 0. The smallest absolute Gasteiger partial charge is 0.426 e. The maximum Gasteiger partial charge on any atom is 0.426 e. The topological polar surface area (TPSA) is 67.4 Å². The Balaban J connectivity index is 3.87. The molecule has 0 fully saturated rings. The van der Waals surface area contributed by atoms with Gasteiger partial charge in [0.25, 0.3) is 5.91 Å². The van der Waals surface area contributed by atoms with Crippen molar-refractivity contribution in [1.29, 1.82) is 0 Å². The van der Waals surface area contributed by atoms with Crippen molar-refractivity contribution in [3.8, 4) is 0 Å². The molecule has 0 bridgehead atoms. The molecule has 0 aliphatic carbocycles. The maximum absolute atomic E-state index is 11.1. The highest BCUT2D eigenvalue weighted by atomic mass is 35.5. The fourth-order valence-electron chi connectivity index (χ4n) is 0.680. The molecule has 0 saturated carbocycles. The van der Waals surface area contributed by atoms with Crippen LogP contribution >= 0.6 is 11.6 Å². The Labute approximate surface area is 94.5 Å². The van der Waals surface area contributed by atoms with Crippen molar-refractivity contribution < 1.29 is 14.3 Å². The van der Waals surface area contributed by atoms with Gasteiger partial charge in [0.05, 0.1) is 0 Å². The molecule has 2 amide bonds. The van der Waals surface area contributed by atoms with Crippen molar-refractivity contribution in [3.05, 3.63) is 0 Å². The van der Waals surface area contributed by atoms with Gasteiger partial charge in [0.1, 0.15) is 11.0 Å². The number of carbonyl (C=O) groups excluding carboxylic acids is 2. The first-order valence-electron chi connectivity index (χ1n) is 4.69. The molecule has 0 radical (unpaired) electrons. The third-order valence-corrected chi connectivity index (χ3v) is 1.84. The lowest BCUT2D eigenvalue weighted by molar-refractivity contribution is -0.121. The minimum atomic E-state index is -0.712. The average molecular weight is 237 g/mol. The van der Waals surface area contributed by atoms with Crippen LogP contribution in [0.4, 0.5) is 4.79 Å². The van der Waals surface area contributed by atoms with Crippen LogP contribution in [-0.4, -0.2) is 23.0 Å². The normalized spacial score (nSPS) is 12.9. The number of amides is 2. The van der Waals surface area contributed by atoms with Crippen LogP contribution in [0.15, 0.2) is 0 Å². The number of halogens is 1. The number of hydrogen-bond donors (Lipinski definition) is 2. The fraction of sp³-hybridized carbons (Fsp3) is 0.778. The molecule has 6 heteroatoms. The number of hydrogen-bond acceptors (Lipinski definition) is 3. The molecule has 0 rings (SSSR count). The van der Waals surface area contributed by atoms with Crippen molar-refractivity contribution in [2.24, 2.45) is 0 Å². The summed E-state index contributed by atoms with van der Waals surface area (Å²) in [5.74, 6) is -0.454. The average Bonchev–Trinajstić information content (AvgIpc) is 2.10. The van der Waals surface area contributed by atoms with Gasteiger partial charge < -0.3 is 4.74 Å². The molecule has 2 N–H and O–H groups in total. The predicted molar refractivity (Wildman–Crippen MR) is 57.4 cm³/mol. The Morgan fingerprint density at radius 2 is 1.87 bits per heavy atom. The Morgan fingerprint density at radius 3 is 2.27 bits per heavy atom. The molecule has 0 aliphatic heterocycles. The molecule has 0 spiro atoms. The minimum absolute atomic E-state index is 0.454. The maximum atomic E-state index is 11.1. The van der Waals surface area contributed by atoms with Crippen LogP contribution in [-0.2, 0) is 9.53 Å². The lowest BCUT2D eigenvalue weighted by atomic mass is 10.2. The van der Waals surface area contributed by atoms with Gasteiger partial charge in [-0.3, -0.25) is 10.2 Å². The van der Waals surface area contributed by atoms with Gasteiger partial charge in [0.2, 0.25) is 0 Å². The molecule has 0 saturated heterocycles. The molecule has 0 aromatic carbocycles. The first kappa shape index (κ1) is 14.0. The number of nitrogens with one attached hydrogen (secondary N) is 2. The third kappa shape index (κ3) is 7.02. The molecule has 15 heavy (non-hydrogen) atoms. The van der Waals surface area contributed by atoms with E-state index in [-0.39, 0.29) is 0 Å². The van der Waals surface area contributed by atoms with E-state index >= 15 is 0 Å². The first-order chi connectivity index (χ1) is 6.76. The van der Waals surface area contributed by atoms with Crippen molar-refractivity contribution in [2.45, 2.75) is 45.1 Å². The molecular formula is C9H17ClN2O3. The number of carbonyl (C=O) groups is 2. The van der Waals surface area contributed by atoms with E-state index in [0.29, 0.717) is 6.42 Å². The summed E-state index contributed by atoms with van der Waals surface area (Å²) in [6, 6.07) is 0. The van der Waals surface area contributed by atoms with E-state index in [2.05, 4.69) is 10.9 Å². The number of hydrazine groups is 1. The van der Waals surface area contributed by atoms with E-state index in [1.807, 2.05) is 0 Å². The lowest BCUT2D eigenvalue weighted by Gasteiger charge is -2.20. The van der Waals surface area contributed by atoms with Crippen molar-refractivity contribution in [1.82, 2.24) is 10.9 Å². The van der Waals surface area contributed by atoms with E-state index in [9.17, 15) is 9.59 Å². The molecular weight excluding hydrogens is 220 g/mol. The monoisotopic (exact) mass is 236 g/mol. The zero-order valence-electron chi connectivity index (χ0n) is 9.39. The summed E-state index contributed by atoms with van der Waals surface area (Å²) in [4.78, 5) is 22.2. The second-order valence-corrected chi connectivity index (χ2v) is 4.52. The summed E-state index contributed by atoms with van der Waals surface area (Å²) in [5, 5.41) is -0.653. The van der Waals surface area contributed by atoms with E-state index in [1.54, 1.807) is 27.7 Å². The summed E-state index contributed by atoms with van der Waals surface area (Å²) in [5.41, 5.74) is 3.67. The fourth-order valence-corrected chi connectivity index (χ4v) is 0.734. The Morgan fingerprint density at radius 1 is 1.33 bits per heavy atom. The van der Waals surface area contributed by atoms with E-state index in [4.69, 9.17) is 16.3 Å². The quantitative estimate of drug-likeness (QED) is 0.565. The molecule has 0 heterocycles. The lowest BCUT2D eigenvalue weighted by Crippen LogP contribution is -2.46. The van der Waals surface area contributed by atoms with E-state index in [1.165, 1.54) is 0 Å². The molecule has 1 unspecified atom stereocenters. The summed E-state index contributed by atoms with van der Waals surface area (Å²) in [6.07, 6.45) is -0.223. The highest BCUT2D eigenvalue weighted by Gasteiger charge is 2.18. The summed E-state index contributed by atoms with van der Waals surface area (Å²) >= 11 is 5.63. The van der Waals surface area contributed by atoms with E-state index in [0.717, 1.165) is 0 Å². The SMILES string of the molecule is CCC(Cl)C(=O)NNC(=O)OC(C)(C)C. The zero-order valence-corrected chi connectivity index (χ0v) is 10.1. The van der Waals surface area contributed by atoms with Gasteiger partial charge >= 0.3 is 6.09 Å². The van der Waals surface area contributed by atoms with Crippen LogP contribution in [0, 0.1) is 0 Å². The molecule has 5 nitrogen and oxygen atoms in total. The first-order valence-corrected chi connectivity index (χ1v) is 5.13. The molecule has 88 valence electrons. The second kappa shape index (κ2) is 5.80. The van der Waals surface area contributed by atoms with Crippen LogP contribution < -0.4 is 10.9 Å². The van der Waals surface area contributed by atoms with Crippen LogP contribution in [0.25, 0.3) is 0 Å². The van der Waals surface area contributed by atoms with E-state index < -0.39 is 23.0 Å². The standard InChI is InChI=1S/C9H17ClN2O3/c1-5-6(10)7(13)11-12-8(14)15-9(2,3)4/h6H,5H2,1-4H3,(H,11,13)(H,12,14). The number of rotatable bonds is 2. The zero-order chi connectivity index (χ0) is 12.1. The molecule has 0 aromatic heterocycles. The predicted octanol–water partition coefficient (Wildman–Crippen LogP) is 1.56. The van der Waals surface area contributed by atoms with Crippen molar-refractivity contribution >= 4 is 23.6 Å². The highest BCUT2D eigenvalue weighted by molar-refractivity contribution is 6.30. The van der Waals surface area contributed by atoms with Crippen LogP contribution in [0.3, 0.4) is 0 Å². The Kier molecular flexibility index (Phi) is 5.43. The molecule has 0 aliphatic rings. The minimum Gasteiger partial charge on any atom is -0.443 e. The largest absolute Gasteiger partial charge is 0.443 e. The van der Waals surface area contributed by atoms with Crippen LogP contribution in [0.1, 0.15) is 34.1 Å². The van der Waals surface area contributed by atoms with Crippen LogP contribution in [0.5, 0.6) is 0 Å². The van der Waals surface area contributed by atoms with Gasteiger partial charge in [0, 0.05) is 0 Å². The van der Waals surface area contributed by atoms with Gasteiger partial charge in [0.15, 0.2) is 0 Å². The molecule has 0 aromatic rings. The Bertz CT molecular complexity index is 238. The second-order valence-electron chi connectivity index (χ2n) is 3.99. The summed E-state index contributed by atoms with van der Waals surface area (Å²) in [6.45, 7) is 6.95. The number of alkyl halides is 1. The van der Waals surface area contributed by atoms with Crippen LogP contribution in [0.2, 0.25) is 0 Å². The summed E-state index contributed by atoms with van der Waals surface area (Å²) < 4.78 is 4.89. The van der Waals surface area contributed by atoms with Gasteiger partial charge in [-0.25, -0.2) is 10.2 Å². The van der Waals surface area contributed by atoms with Gasteiger partial charge in [-0.1, -0.05) is 6.92 Å². The number of ether oxygens (including phenoxy) is 1. The van der Waals surface area contributed by atoms with Gasteiger partial charge in [-0.15, -0.1) is 11.6 Å². The third-order valence-electron chi connectivity index (χ3n) is 1.33. The highest BCUT2D eigenvalue weighted by Crippen LogP contribution is 2.06. The van der Waals surface area contributed by atoms with Gasteiger partial charge in [-0.05, 0) is 27.2 Å². The molecule has 1 atom stereocenters. The van der Waals surface area contributed by atoms with Gasteiger partial charge in [-0.2, -0.15) is 0 Å². The van der Waals surface area contributed by atoms with Crippen molar-refractivity contribution in [3.63, 3.8) is 0 Å².